The molecule has 2 aromatic rings. The quantitative estimate of drug-likeness (QED) is 0.600. The molecule has 5 nitrogen and oxygen atoms in total. The third-order valence-electron chi connectivity index (χ3n) is 3.29. The van der Waals surface area contributed by atoms with Gasteiger partial charge in [-0.1, -0.05) is 30.8 Å². The standard InChI is InChI=1S/C19H22N2O3S/c1-4-14-7-5-8-15(11-14)21-17(22)12-25-18-16(9-6-10-20-18)19(23)24-13(2)3/h5-11,13H,4,12H2,1-3H3,(H,21,22). The molecule has 0 bridgehead atoms. The van der Waals surface area contributed by atoms with E-state index in [0.717, 1.165) is 17.7 Å². The second-order valence-corrected chi connectivity index (χ2v) is 6.67. The van der Waals surface area contributed by atoms with E-state index >= 15 is 0 Å². The molecule has 0 aliphatic carbocycles. The predicted molar refractivity (Wildman–Crippen MR) is 100.0 cm³/mol. The molecule has 0 fully saturated rings. The number of aromatic nitrogens is 1. The van der Waals surface area contributed by atoms with Crippen molar-refractivity contribution in [3.63, 3.8) is 0 Å². The van der Waals surface area contributed by atoms with Gasteiger partial charge in [-0.05, 0) is 50.1 Å². The van der Waals surface area contributed by atoms with Crippen LogP contribution in [0.4, 0.5) is 5.69 Å². The molecule has 1 aromatic carbocycles. The molecule has 25 heavy (non-hydrogen) atoms. The lowest BCUT2D eigenvalue weighted by atomic mass is 10.1. The molecule has 6 heteroatoms. The SMILES string of the molecule is CCc1cccc(NC(=O)CSc2ncccc2C(=O)OC(C)C)c1. The van der Waals surface area contributed by atoms with Crippen molar-refractivity contribution in [2.75, 3.05) is 11.1 Å². The summed E-state index contributed by atoms with van der Waals surface area (Å²) in [4.78, 5) is 28.5. The van der Waals surface area contributed by atoms with E-state index in [1.54, 1.807) is 32.2 Å². The van der Waals surface area contributed by atoms with E-state index in [4.69, 9.17) is 4.74 Å². The van der Waals surface area contributed by atoms with Crippen molar-refractivity contribution >= 4 is 29.3 Å². The minimum atomic E-state index is -0.429. The van der Waals surface area contributed by atoms with Gasteiger partial charge in [-0.15, -0.1) is 0 Å². The van der Waals surface area contributed by atoms with Crippen molar-refractivity contribution in [3.05, 3.63) is 53.7 Å². The van der Waals surface area contributed by atoms with Crippen molar-refractivity contribution in [2.45, 2.75) is 38.3 Å². The highest BCUT2D eigenvalue weighted by molar-refractivity contribution is 8.00. The maximum Gasteiger partial charge on any atom is 0.341 e. The number of carbonyl (C=O) groups is 2. The molecule has 0 aliphatic heterocycles. The number of amides is 1. The number of pyridine rings is 1. The van der Waals surface area contributed by atoms with Crippen LogP contribution in [0, 0.1) is 0 Å². The van der Waals surface area contributed by atoms with Crippen LogP contribution in [0.5, 0.6) is 0 Å². The molecule has 0 spiro atoms. The highest BCUT2D eigenvalue weighted by Crippen LogP contribution is 2.21. The van der Waals surface area contributed by atoms with Crippen LogP contribution in [-0.2, 0) is 16.0 Å². The van der Waals surface area contributed by atoms with Gasteiger partial charge in [0.1, 0.15) is 5.03 Å². The van der Waals surface area contributed by atoms with Crippen LogP contribution >= 0.6 is 11.8 Å². The Balaban J connectivity index is 1.98. The molecule has 0 saturated heterocycles. The van der Waals surface area contributed by atoms with Crippen LogP contribution in [0.25, 0.3) is 0 Å². The minimum Gasteiger partial charge on any atom is -0.459 e. The molecule has 2 rings (SSSR count). The van der Waals surface area contributed by atoms with Crippen LogP contribution in [0.2, 0.25) is 0 Å². The lowest BCUT2D eigenvalue weighted by molar-refractivity contribution is -0.113. The lowest BCUT2D eigenvalue weighted by Gasteiger charge is -2.11. The molecule has 0 unspecified atom stereocenters. The predicted octanol–water partition coefficient (Wildman–Crippen LogP) is 3.94. The largest absolute Gasteiger partial charge is 0.459 e. The maximum absolute atomic E-state index is 12.2. The Labute approximate surface area is 152 Å². The number of rotatable bonds is 7. The molecule has 132 valence electrons. The number of benzene rings is 1. The maximum atomic E-state index is 12.2. The molecular formula is C19H22N2O3S. The third kappa shape index (κ3) is 5.90. The van der Waals surface area contributed by atoms with Gasteiger partial charge in [0.25, 0.3) is 0 Å². The molecular weight excluding hydrogens is 336 g/mol. The highest BCUT2D eigenvalue weighted by atomic mass is 32.2. The van der Waals surface area contributed by atoms with Crippen LogP contribution < -0.4 is 5.32 Å². The molecule has 0 aliphatic rings. The summed E-state index contributed by atoms with van der Waals surface area (Å²) in [6.07, 6.45) is 2.30. The van der Waals surface area contributed by atoms with Crippen molar-refractivity contribution in [3.8, 4) is 0 Å². The first kappa shape index (κ1) is 19.0. The number of hydrogen-bond acceptors (Lipinski definition) is 5. The fourth-order valence-electron chi connectivity index (χ4n) is 2.14. The van der Waals surface area contributed by atoms with Gasteiger partial charge in [0, 0.05) is 11.9 Å². The molecule has 1 heterocycles. The van der Waals surface area contributed by atoms with Gasteiger partial charge in [0.05, 0.1) is 17.4 Å². The average Bonchev–Trinajstić information content (AvgIpc) is 2.59. The Bertz CT molecular complexity index is 747. The first-order valence-electron chi connectivity index (χ1n) is 8.17. The van der Waals surface area contributed by atoms with E-state index in [0.29, 0.717) is 10.6 Å². The Morgan fingerprint density at radius 3 is 2.76 bits per heavy atom. The summed E-state index contributed by atoms with van der Waals surface area (Å²) < 4.78 is 5.21. The van der Waals surface area contributed by atoms with Crippen molar-refractivity contribution in [1.82, 2.24) is 4.98 Å². The number of ether oxygens (including phenoxy) is 1. The van der Waals surface area contributed by atoms with E-state index < -0.39 is 5.97 Å². The Morgan fingerprint density at radius 2 is 2.04 bits per heavy atom. The minimum absolute atomic E-state index is 0.146. The number of nitrogens with one attached hydrogen (secondary N) is 1. The number of anilines is 1. The highest BCUT2D eigenvalue weighted by Gasteiger charge is 2.16. The molecule has 0 atom stereocenters. The number of esters is 1. The van der Waals surface area contributed by atoms with Gasteiger partial charge in [-0.2, -0.15) is 0 Å². The molecule has 0 saturated carbocycles. The van der Waals surface area contributed by atoms with Gasteiger partial charge in [0.2, 0.25) is 5.91 Å². The van der Waals surface area contributed by atoms with E-state index in [1.165, 1.54) is 11.8 Å². The average molecular weight is 358 g/mol. The van der Waals surface area contributed by atoms with Crippen LogP contribution in [0.3, 0.4) is 0 Å². The smallest absolute Gasteiger partial charge is 0.341 e. The van der Waals surface area contributed by atoms with E-state index in [-0.39, 0.29) is 17.8 Å². The van der Waals surface area contributed by atoms with Gasteiger partial charge < -0.3 is 10.1 Å². The summed E-state index contributed by atoms with van der Waals surface area (Å²) in [5.41, 5.74) is 2.31. The first-order valence-corrected chi connectivity index (χ1v) is 9.15. The monoisotopic (exact) mass is 358 g/mol. The second-order valence-electron chi connectivity index (χ2n) is 5.70. The molecule has 1 aromatic heterocycles. The summed E-state index contributed by atoms with van der Waals surface area (Å²) >= 11 is 1.22. The van der Waals surface area contributed by atoms with Crippen molar-refractivity contribution < 1.29 is 14.3 Å². The number of carbonyl (C=O) groups excluding carboxylic acids is 2. The Kier molecular flexibility index (Phi) is 7.01. The van der Waals surface area contributed by atoms with E-state index in [2.05, 4.69) is 17.2 Å². The fraction of sp³-hybridized carbons (Fsp3) is 0.316. The number of aryl methyl sites for hydroxylation is 1. The lowest BCUT2D eigenvalue weighted by Crippen LogP contribution is -2.16. The Morgan fingerprint density at radius 1 is 1.24 bits per heavy atom. The Hall–Kier alpha value is -2.34. The summed E-state index contributed by atoms with van der Waals surface area (Å²) in [5, 5.41) is 3.36. The summed E-state index contributed by atoms with van der Waals surface area (Å²) in [6.45, 7) is 5.65. The zero-order chi connectivity index (χ0) is 18.2. The van der Waals surface area contributed by atoms with Gasteiger partial charge >= 0.3 is 5.97 Å². The topological polar surface area (TPSA) is 68.3 Å². The van der Waals surface area contributed by atoms with Crippen molar-refractivity contribution in [1.29, 1.82) is 0 Å². The summed E-state index contributed by atoms with van der Waals surface area (Å²) in [5.74, 6) is -0.413. The summed E-state index contributed by atoms with van der Waals surface area (Å²) in [6, 6.07) is 11.1. The molecule has 1 amide bonds. The van der Waals surface area contributed by atoms with E-state index in [1.807, 2.05) is 24.3 Å². The number of thioether (sulfide) groups is 1. The first-order chi connectivity index (χ1) is 12.0. The van der Waals surface area contributed by atoms with E-state index in [9.17, 15) is 9.59 Å². The zero-order valence-corrected chi connectivity index (χ0v) is 15.4. The summed E-state index contributed by atoms with van der Waals surface area (Å²) in [7, 11) is 0. The van der Waals surface area contributed by atoms with Gasteiger partial charge in [-0.25, -0.2) is 9.78 Å². The molecule has 0 radical (unpaired) electrons. The molecule has 1 N–H and O–H groups in total. The van der Waals surface area contributed by atoms with Crippen LogP contribution in [-0.4, -0.2) is 28.7 Å². The van der Waals surface area contributed by atoms with Crippen LogP contribution in [0.15, 0.2) is 47.6 Å². The van der Waals surface area contributed by atoms with Crippen LogP contribution in [0.1, 0.15) is 36.7 Å². The zero-order valence-electron chi connectivity index (χ0n) is 14.6. The normalized spacial score (nSPS) is 10.6. The fourth-order valence-corrected chi connectivity index (χ4v) is 2.92. The van der Waals surface area contributed by atoms with Crippen molar-refractivity contribution in [2.24, 2.45) is 0 Å². The number of nitrogens with zero attached hydrogens (tertiary/aromatic N) is 1. The van der Waals surface area contributed by atoms with Gasteiger partial charge in [-0.3, -0.25) is 4.79 Å². The number of hydrogen-bond donors (Lipinski definition) is 1. The second kappa shape index (κ2) is 9.22. The third-order valence-corrected chi connectivity index (χ3v) is 4.30. The van der Waals surface area contributed by atoms with Gasteiger partial charge in [0.15, 0.2) is 0 Å².